The Morgan fingerprint density at radius 2 is 2.60 bits per heavy atom. The van der Waals surface area contributed by atoms with Crippen LogP contribution in [-0.4, -0.2) is 16.7 Å². The van der Waals surface area contributed by atoms with E-state index in [2.05, 4.69) is 4.98 Å². The summed E-state index contributed by atoms with van der Waals surface area (Å²) in [5.41, 5.74) is 0.655. The highest BCUT2D eigenvalue weighted by Crippen LogP contribution is 2.28. The Bertz CT molecular complexity index is 249. The van der Waals surface area contributed by atoms with Gasteiger partial charge in [-0.15, -0.1) is 0 Å². The lowest BCUT2D eigenvalue weighted by Crippen LogP contribution is -1.98. The Hall–Kier alpha value is -1.09. The van der Waals surface area contributed by atoms with E-state index in [-0.39, 0.29) is 0 Å². The van der Waals surface area contributed by atoms with Crippen LogP contribution in [0.4, 0.5) is 0 Å². The molecular weight excluding hydrogens is 130 g/mol. The van der Waals surface area contributed by atoms with Crippen molar-refractivity contribution in [1.29, 1.82) is 0 Å². The second-order valence-electron chi connectivity index (χ2n) is 2.21. The summed E-state index contributed by atoms with van der Waals surface area (Å²) in [6, 6.07) is 3.59. The zero-order chi connectivity index (χ0) is 6.97. The fourth-order valence-electron chi connectivity index (χ4n) is 1.02. The van der Waals surface area contributed by atoms with E-state index in [4.69, 9.17) is 4.74 Å². The number of hydrogen-bond acceptors (Lipinski definition) is 3. The van der Waals surface area contributed by atoms with Gasteiger partial charge in [-0.1, -0.05) is 0 Å². The van der Waals surface area contributed by atoms with E-state index in [9.17, 15) is 5.11 Å². The molecule has 1 aromatic heterocycles. The Morgan fingerprint density at radius 1 is 1.70 bits per heavy atom. The number of hydrogen-bond donors (Lipinski definition) is 1. The first kappa shape index (κ1) is 5.68. The Balaban J connectivity index is 2.51. The molecule has 0 bridgehead atoms. The van der Waals surface area contributed by atoms with Gasteiger partial charge in [-0.2, -0.15) is 0 Å². The molecule has 2 rings (SSSR count). The molecule has 0 aliphatic carbocycles. The molecule has 0 aromatic carbocycles. The highest BCUT2D eigenvalue weighted by atomic mass is 16.5. The highest BCUT2D eigenvalue weighted by molar-refractivity contribution is 5.31. The molecule has 0 spiro atoms. The maximum absolute atomic E-state index is 9.19. The first-order valence-corrected chi connectivity index (χ1v) is 3.14. The van der Waals surface area contributed by atoms with Gasteiger partial charge >= 0.3 is 0 Å². The van der Waals surface area contributed by atoms with Crippen LogP contribution in [0.1, 0.15) is 11.8 Å². The van der Waals surface area contributed by atoms with E-state index < -0.39 is 6.10 Å². The third-order valence-corrected chi connectivity index (χ3v) is 1.51. The summed E-state index contributed by atoms with van der Waals surface area (Å²) in [6.07, 6.45) is 1.12. The van der Waals surface area contributed by atoms with Crippen molar-refractivity contribution in [3.05, 3.63) is 24.0 Å². The van der Waals surface area contributed by atoms with Crippen molar-refractivity contribution in [2.45, 2.75) is 6.10 Å². The van der Waals surface area contributed by atoms with Gasteiger partial charge in [0.25, 0.3) is 0 Å². The minimum absolute atomic E-state index is 0.340. The lowest BCUT2D eigenvalue weighted by Gasteiger charge is -1.94. The van der Waals surface area contributed by atoms with E-state index in [1.165, 1.54) is 0 Å². The largest absolute Gasteiger partial charge is 0.488 e. The number of aromatic nitrogens is 1. The average molecular weight is 137 g/mol. The topological polar surface area (TPSA) is 42.4 Å². The number of fused-ring (bicyclic) bond motifs is 1. The van der Waals surface area contributed by atoms with Gasteiger partial charge in [-0.05, 0) is 12.1 Å². The molecule has 52 valence electrons. The van der Waals surface area contributed by atoms with Crippen molar-refractivity contribution in [3.8, 4) is 5.75 Å². The highest BCUT2D eigenvalue weighted by Gasteiger charge is 2.21. The van der Waals surface area contributed by atoms with Crippen LogP contribution in [0.25, 0.3) is 0 Å². The second-order valence-corrected chi connectivity index (χ2v) is 2.21. The van der Waals surface area contributed by atoms with Gasteiger partial charge in [-0.3, -0.25) is 4.98 Å². The van der Waals surface area contributed by atoms with Gasteiger partial charge in [-0.25, -0.2) is 0 Å². The first-order chi connectivity index (χ1) is 4.88. The van der Waals surface area contributed by atoms with Gasteiger partial charge in [0.2, 0.25) is 0 Å². The molecule has 1 atom stereocenters. The molecule has 0 unspecified atom stereocenters. The van der Waals surface area contributed by atoms with Gasteiger partial charge in [0.05, 0.1) is 0 Å². The van der Waals surface area contributed by atoms with Gasteiger partial charge in [0.15, 0.2) is 0 Å². The number of aliphatic hydroxyl groups is 1. The van der Waals surface area contributed by atoms with E-state index in [0.717, 1.165) is 0 Å². The quantitative estimate of drug-likeness (QED) is 0.566. The average Bonchev–Trinajstić information content (AvgIpc) is 2.34. The molecule has 3 heteroatoms. The minimum Gasteiger partial charge on any atom is -0.488 e. The predicted octanol–water partition coefficient (Wildman–Crippen LogP) is 0.507. The molecule has 3 nitrogen and oxygen atoms in total. The summed E-state index contributed by atoms with van der Waals surface area (Å²) in [7, 11) is 0. The van der Waals surface area contributed by atoms with Crippen LogP contribution in [0.5, 0.6) is 5.75 Å². The van der Waals surface area contributed by atoms with Gasteiger partial charge in [0.1, 0.15) is 24.2 Å². The van der Waals surface area contributed by atoms with E-state index in [1.807, 2.05) is 0 Å². The lowest BCUT2D eigenvalue weighted by atomic mass is 10.2. The summed E-state index contributed by atoms with van der Waals surface area (Å²) in [6.45, 7) is 0.340. The first-order valence-electron chi connectivity index (χ1n) is 3.14. The maximum Gasteiger partial charge on any atom is 0.143 e. The Morgan fingerprint density at radius 3 is 3.40 bits per heavy atom. The van der Waals surface area contributed by atoms with Crippen molar-refractivity contribution in [2.75, 3.05) is 6.61 Å². The zero-order valence-corrected chi connectivity index (χ0v) is 5.32. The fraction of sp³-hybridized carbons (Fsp3) is 0.286. The third kappa shape index (κ3) is 0.675. The Labute approximate surface area is 58.3 Å². The summed E-state index contributed by atoms with van der Waals surface area (Å²) >= 11 is 0. The summed E-state index contributed by atoms with van der Waals surface area (Å²) < 4.78 is 5.10. The molecule has 10 heavy (non-hydrogen) atoms. The number of nitrogens with zero attached hydrogens (tertiary/aromatic N) is 1. The molecule has 1 N–H and O–H groups in total. The molecule has 1 aliphatic rings. The van der Waals surface area contributed by atoms with Crippen molar-refractivity contribution in [3.63, 3.8) is 0 Å². The standard InChI is InChI=1S/C7H7NO2/c9-5-4-10-6-2-1-3-8-7(5)6/h1-3,5,9H,4H2/t5-/m0/s1. The molecule has 1 aliphatic heterocycles. The van der Waals surface area contributed by atoms with Crippen molar-refractivity contribution in [2.24, 2.45) is 0 Å². The van der Waals surface area contributed by atoms with Crippen molar-refractivity contribution < 1.29 is 9.84 Å². The summed E-state index contributed by atoms with van der Waals surface area (Å²) in [5, 5.41) is 9.19. The smallest absolute Gasteiger partial charge is 0.143 e. The van der Waals surface area contributed by atoms with Crippen LogP contribution in [0.15, 0.2) is 18.3 Å². The van der Waals surface area contributed by atoms with Crippen LogP contribution >= 0.6 is 0 Å². The molecule has 0 saturated heterocycles. The lowest BCUT2D eigenvalue weighted by molar-refractivity contribution is 0.138. The monoisotopic (exact) mass is 137 g/mol. The molecule has 1 aromatic rings. The van der Waals surface area contributed by atoms with Crippen LogP contribution in [-0.2, 0) is 0 Å². The number of rotatable bonds is 0. The summed E-state index contributed by atoms with van der Waals surface area (Å²) in [5.74, 6) is 0.704. The molecule has 0 radical (unpaired) electrons. The van der Waals surface area contributed by atoms with Crippen molar-refractivity contribution in [1.82, 2.24) is 4.98 Å². The zero-order valence-electron chi connectivity index (χ0n) is 5.32. The molecule has 0 fully saturated rings. The van der Waals surface area contributed by atoms with Crippen LogP contribution in [0.2, 0.25) is 0 Å². The molecule has 0 amide bonds. The SMILES string of the molecule is O[C@H]1COc2cccnc21. The van der Waals surface area contributed by atoms with E-state index in [0.29, 0.717) is 18.1 Å². The second kappa shape index (κ2) is 1.95. The van der Waals surface area contributed by atoms with Crippen LogP contribution < -0.4 is 4.74 Å². The van der Waals surface area contributed by atoms with Crippen LogP contribution in [0, 0.1) is 0 Å². The van der Waals surface area contributed by atoms with Gasteiger partial charge < -0.3 is 9.84 Å². The summed E-state index contributed by atoms with van der Waals surface area (Å²) in [4.78, 5) is 3.97. The number of ether oxygens (including phenoxy) is 1. The predicted molar refractivity (Wildman–Crippen MR) is 34.7 cm³/mol. The van der Waals surface area contributed by atoms with Gasteiger partial charge in [0, 0.05) is 6.20 Å². The molecule has 0 saturated carbocycles. The normalized spacial score (nSPS) is 21.9. The van der Waals surface area contributed by atoms with Crippen LogP contribution in [0.3, 0.4) is 0 Å². The Kier molecular flexibility index (Phi) is 1.11. The third-order valence-electron chi connectivity index (χ3n) is 1.51. The minimum atomic E-state index is -0.531. The molecule has 2 heterocycles. The maximum atomic E-state index is 9.19. The molecular formula is C7H7NO2. The number of pyridine rings is 1. The fourth-order valence-corrected chi connectivity index (χ4v) is 1.02. The van der Waals surface area contributed by atoms with E-state index >= 15 is 0 Å². The van der Waals surface area contributed by atoms with Crippen molar-refractivity contribution >= 4 is 0 Å². The number of aliphatic hydroxyl groups excluding tert-OH is 1. The van der Waals surface area contributed by atoms with E-state index in [1.54, 1.807) is 18.3 Å².